The minimum Gasteiger partial charge on any atom is -0.494 e. The van der Waals surface area contributed by atoms with Crippen LogP contribution < -0.4 is 15.8 Å². The van der Waals surface area contributed by atoms with E-state index in [2.05, 4.69) is 33.5 Å². The molecule has 4 bridgehead atoms. The summed E-state index contributed by atoms with van der Waals surface area (Å²) in [5.74, 6) is 1.52. The summed E-state index contributed by atoms with van der Waals surface area (Å²) in [6.07, 6.45) is 7.38. The van der Waals surface area contributed by atoms with Crippen molar-refractivity contribution in [3.05, 3.63) is 41.6 Å². The van der Waals surface area contributed by atoms with Crippen molar-refractivity contribution in [3.63, 3.8) is 0 Å². The van der Waals surface area contributed by atoms with Gasteiger partial charge in [-0.05, 0) is 62.4 Å². The summed E-state index contributed by atoms with van der Waals surface area (Å²) in [6, 6.07) is 10.4. The van der Waals surface area contributed by atoms with Crippen LogP contribution in [0.5, 0.6) is 5.75 Å². The van der Waals surface area contributed by atoms with E-state index in [0.717, 1.165) is 97.3 Å². The molecule has 3 aromatic heterocycles. The molecule has 6 heterocycles. The molecule has 226 valence electrons. The number of nitrogens with two attached hydrogens (primary N) is 1. The van der Waals surface area contributed by atoms with Crippen molar-refractivity contribution in [3.8, 4) is 17.3 Å². The second-order valence-electron chi connectivity index (χ2n) is 12.7. The molecule has 3 aliphatic rings. The monoisotopic (exact) mass is 583 g/mol. The third kappa shape index (κ3) is 4.76. The van der Waals surface area contributed by atoms with Crippen LogP contribution in [0.2, 0.25) is 0 Å². The number of methoxy groups -OCH3 is 1. The summed E-state index contributed by atoms with van der Waals surface area (Å²) in [5, 5.41) is 4.10. The second-order valence-corrected chi connectivity index (χ2v) is 12.7. The molecule has 2 fully saturated rings. The number of rotatable bonds is 3. The van der Waals surface area contributed by atoms with Crippen LogP contribution >= 0.6 is 0 Å². The van der Waals surface area contributed by atoms with Crippen molar-refractivity contribution in [1.29, 1.82) is 0 Å². The Morgan fingerprint density at radius 1 is 1.09 bits per heavy atom. The summed E-state index contributed by atoms with van der Waals surface area (Å²) < 4.78 is 10.2. The Morgan fingerprint density at radius 2 is 1.93 bits per heavy atom. The lowest BCUT2D eigenvalue weighted by atomic mass is 9.97. The highest BCUT2D eigenvalue weighted by Crippen LogP contribution is 2.40. The summed E-state index contributed by atoms with van der Waals surface area (Å²) in [7, 11) is 3.64. The van der Waals surface area contributed by atoms with Crippen molar-refractivity contribution < 1.29 is 14.3 Å². The van der Waals surface area contributed by atoms with Crippen molar-refractivity contribution >= 4 is 33.9 Å². The van der Waals surface area contributed by atoms with Gasteiger partial charge in [0.15, 0.2) is 5.82 Å². The molecular weight excluding hydrogens is 542 g/mol. The van der Waals surface area contributed by atoms with E-state index in [9.17, 15) is 9.59 Å². The number of hydrogen-bond acceptors (Lipinski definition) is 6. The van der Waals surface area contributed by atoms with Crippen molar-refractivity contribution in [2.24, 2.45) is 12.8 Å². The van der Waals surface area contributed by atoms with Crippen LogP contribution in [0.15, 0.2) is 30.3 Å². The van der Waals surface area contributed by atoms with E-state index < -0.39 is 0 Å². The van der Waals surface area contributed by atoms with Gasteiger partial charge in [-0.15, -0.1) is 0 Å². The van der Waals surface area contributed by atoms with E-state index in [1.54, 1.807) is 7.11 Å². The van der Waals surface area contributed by atoms with Crippen LogP contribution in [0, 0.1) is 0 Å². The Hall–Kier alpha value is -3.92. The first kappa shape index (κ1) is 27.9. The van der Waals surface area contributed by atoms with E-state index in [4.69, 9.17) is 20.4 Å². The number of pyridine rings is 1. The zero-order chi connectivity index (χ0) is 29.8. The summed E-state index contributed by atoms with van der Waals surface area (Å²) >= 11 is 0. The lowest BCUT2D eigenvalue weighted by Gasteiger charge is -2.23. The quantitative estimate of drug-likeness (QED) is 0.367. The molecule has 10 nitrogen and oxygen atoms in total. The molecule has 10 heteroatoms. The number of fused-ring (bicyclic) bond motifs is 4. The first-order chi connectivity index (χ1) is 20.8. The number of nitrogens with one attached hydrogen (secondary N) is 1. The number of aryl methyl sites for hydroxylation is 2. The van der Waals surface area contributed by atoms with Crippen LogP contribution in [0.3, 0.4) is 0 Å². The van der Waals surface area contributed by atoms with Gasteiger partial charge >= 0.3 is 0 Å². The number of imidazole rings is 1. The standard InChI is InChI=1S/C33H41N7O3/c1-19-14-29(41)35-12-6-4-5-7-13-39-27(16-20-8-10-24(19)36-31(20)39)32-37-25-15-21(17-28(43-3)30(25)38(32)2)33(42)40-22-9-11-26(40)23(34)18-22/h8,10,15-17,19,22-23,26H,4-7,9,11-14,18,34H2,1-3H3,(H,35,41)/t19?,22-,23+,26+/m0/s1. The SMILES string of the molecule is COc1cc(C(=O)N2[C@H]3CC[C@@H]2[C@H](N)C3)cc2nc(-c3cc4ccc5nc4n3CCCCCCNC(=O)CC5C)n(C)c12. The number of hydrogen-bond donors (Lipinski definition) is 2. The maximum atomic E-state index is 13.8. The van der Waals surface area contributed by atoms with E-state index in [0.29, 0.717) is 17.7 Å². The van der Waals surface area contributed by atoms with Crippen LogP contribution in [-0.2, 0) is 18.4 Å². The molecule has 0 radical (unpaired) electrons. The Kier molecular flexibility index (Phi) is 7.12. The number of carbonyl (C=O) groups excluding carboxylic acids is 2. The summed E-state index contributed by atoms with van der Waals surface area (Å²) in [6.45, 7) is 3.60. The Morgan fingerprint density at radius 3 is 2.70 bits per heavy atom. The third-order valence-corrected chi connectivity index (χ3v) is 9.84. The largest absolute Gasteiger partial charge is 0.494 e. The van der Waals surface area contributed by atoms with Crippen molar-refractivity contribution in [1.82, 2.24) is 29.3 Å². The third-order valence-electron chi connectivity index (χ3n) is 9.84. The molecule has 3 N–H and O–H groups in total. The zero-order valence-electron chi connectivity index (χ0n) is 25.3. The summed E-state index contributed by atoms with van der Waals surface area (Å²) in [4.78, 5) is 38.5. The number of carbonyl (C=O) groups is 2. The number of benzene rings is 1. The average Bonchev–Trinajstić information content (AvgIpc) is 3.74. The molecule has 3 aliphatic heterocycles. The second kappa shape index (κ2) is 11.0. The average molecular weight is 584 g/mol. The number of amides is 2. The molecule has 43 heavy (non-hydrogen) atoms. The van der Waals surface area contributed by atoms with Crippen LogP contribution in [0.4, 0.5) is 0 Å². The van der Waals surface area contributed by atoms with Gasteiger partial charge in [0, 0.05) is 67.2 Å². The molecule has 0 spiro atoms. The highest BCUT2D eigenvalue weighted by molar-refractivity contribution is 6.00. The van der Waals surface area contributed by atoms with Crippen LogP contribution in [-0.4, -0.2) is 67.6 Å². The van der Waals surface area contributed by atoms with E-state index in [1.165, 1.54) is 0 Å². The van der Waals surface area contributed by atoms with Gasteiger partial charge in [-0.2, -0.15) is 0 Å². The molecule has 0 saturated carbocycles. The molecule has 7 rings (SSSR count). The molecule has 1 aromatic carbocycles. The van der Waals surface area contributed by atoms with Crippen LogP contribution in [0.25, 0.3) is 33.6 Å². The molecule has 4 atom stereocenters. The molecule has 2 amide bonds. The van der Waals surface area contributed by atoms with Gasteiger partial charge in [-0.25, -0.2) is 9.97 Å². The lowest BCUT2D eigenvalue weighted by Crippen LogP contribution is -2.40. The highest BCUT2D eigenvalue weighted by atomic mass is 16.5. The van der Waals surface area contributed by atoms with Gasteiger partial charge in [0.05, 0.1) is 18.3 Å². The minimum atomic E-state index is 0.00894. The van der Waals surface area contributed by atoms with Gasteiger partial charge in [0.1, 0.15) is 16.9 Å². The van der Waals surface area contributed by atoms with Crippen molar-refractivity contribution in [2.45, 2.75) is 88.9 Å². The first-order valence-corrected chi connectivity index (χ1v) is 15.7. The molecule has 0 aliphatic carbocycles. The number of ether oxygens (including phenoxy) is 1. The smallest absolute Gasteiger partial charge is 0.254 e. The predicted molar refractivity (Wildman–Crippen MR) is 166 cm³/mol. The first-order valence-electron chi connectivity index (χ1n) is 15.7. The molecule has 2 saturated heterocycles. The molecular formula is C33H41N7O3. The Bertz CT molecular complexity index is 1720. The maximum Gasteiger partial charge on any atom is 0.254 e. The predicted octanol–water partition coefficient (Wildman–Crippen LogP) is 4.49. The normalized spacial score (nSPS) is 24.6. The van der Waals surface area contributed by atoms with E-state index in [1.807, 2.05) is 30.1 Å². The zero-order valence-corrected chi connectivity index (χ0v) is 25.3. The number of aromatic nitrogens is 4. The summed E-state index contributed by atoms with van der Waals surface area (Å²) in [5.41, 5.74) is 11.3. The maximum absolute atomic E-state index is 13.8. The lowest BCUT2D eigenvalue weighted by molar-refractivity contribution is -0.121. The van der Waals surface area contributed by atoms with E-state index in [-0.39, 0.29) is 35.9 Å². The van der Waals surface area contributed by atoms with Crippen molar-refractivity contribution in [2.75, 3.05) is 13.7 Å². The topological polar surface area (TPSA) is 120 Å². The fraction of sp³-hybridized carbons (Fsp3) is 0.515. The van der Waals surface area contributed by atoms with Gasteiger partial charge in [-0.3, -0.25) is 9.59 Å². The Labute approximate surface area is 251 Å². The molecule has 1 unspecified atom stereocenters. The Balaban J connectivity index is 1.32. The van der Waals surface area contributed by atoms with Gasteiger partial charge < -0.3 is 29.8 Å². The van der Waals surface area contributed by atoms with E-state index >= 15 is 0 Å². The fourth-order valence-electron chi connectivity index (χ4n) is 7.58. The molecule has 4 aromatic rings. The number of nitrogens with zero attached hydrogens (tertiary/aromatic N) is 5. The van der Waals surface area contributed by atoms with Gasteiger partial charge in [0.2, 0.25) is 5.91 Å². The fourth-order valence-corrected chi connectivity index (χ4v) is 7.58. The highest BCUT2D eigenvalue weighted by Gasteiger charge is 2.47. The van der Waals surface area contributed by atoms with Gasteiger partial charge in [0.25, 0.3) is 5.91 Å². The van der Waals surface area contributed by atoms with Crippen LogP contribution in [0.1, 0.15) is 80.3 Å². The van der Waals surface area contributed by atoms with Gasteiger partial charge in [-0.1, -0.05) is 19.8 Å². The minimum absolute atomic E-state index is 0.00894.